The van der Waals surface area contributed by atoms with Crippen LogP contribution in [-0.2, 0) is 10.8 Å². The van der Waals surface area contributed by atoms with Gasteiger partial charge in [-0.1, -0.05) is 17.7 Å². The lowest BCUT2D eigenvalue weighted by molar-refractivity contribution is 0.683. The Labute approximate surface area is 91.4 Å². The monoisotopic (exact) mass is 217 g/mol. The molecule has 15 heavy (non-hydrogen) atoms. The van der Waals surface area contributed by atoms with Gasteiger partial charge < -0.3 is 0 Å². The van der Waals surface area contributed by atoms with Crippen LogP contribution in [-0.4, -0.2) is 9.19 Å². The number of hydrogen-bond acceptors (Lipinski definition) is 2. The molecule has 1 heterocycles. The highest BCUT2D eigenvalue weighted by Crippen LogP contribution is 2.15. The molecule has 1 unspecified atom stereocenters. The first kappa shape index (κ1) is 10.1. The van der Waals surface area contributed by atoms with Crippen molar-refractivity contribution in [1.82, 2.24) is 4.98 Å². The van der Waals surface area contributed by atoms with E-state index in [0.717, 1.165) is 9.79 Å². The Morgan fingerprint density at radius 3 is 2.07 bits per heavy atom. The number of hydrogen-bond donors (Lipinski definition) is 0. The van der Waals surface area contributed by atoms with E-state index in [0.29, 0.717) is 0 Å². The maximum Gasteiger partial charge on any atom is 0.0850 e. The van der Waals surface area contributed by atoms with Gasteiger partial charge in [-0.15, -0.1) is 0 Å². The van der Waals surface area contributed by atoms with E-state index < -0.39 is 10.8 Å². The van der Waals surface area contributed by atoms with Crippen LogP contribution in [0.3, 0.4) is 0 Å². The van der Waals surface area contributed by atoms with Gasteiger partial charge in [0.2, 0.25) is 0 Å². The number of aromatic nitrogens is 1. The Morgan fingerprint density at radius 2 is 1.47 bits per heavy atom. The molecular weight excluding hydrogens is 206 g/mol. The van der Waals surface area contributed by atoms with Crippen LogP contribution in [0.5, 0.6) is 0 Å². The van der Waals surface area contributed by atoms with E-state index in [-0.39, 0.29) is 0 Å². The first-order valence-electron chi connectivity index (χ1n) is 4.66. The lowest BCUT2D eigenvalue weighted by Gasteiger charge is -2.01. The zero-order chi connectivity index (χ0) is 10.7. The van der Waals surface area contributed by atoms with Crippen molar-refractivity contribution in [3.05, 3.63) is 54.4 Å². The molecule has 0 saturated heterocycles. The molecule has 0 N–H and O–H groups in total. The Morgan fingerprint density at radius 1 is 0.933 bits per heavy atom. The second-order valence-corrected chi connectivity index (χ2v) is 4.74. The quantitative estimate of drug-likeness (QED) is 0.773. The van der Waals surface area contributed by atoms with E-state index in [2.05, 4.69) is 4.98 Å². The van der Waals surface area contributed by atoms with E-state index in [1.807, 2.05) is 31.2 Å². The molecule has 0 saturated carbocycles. The van der Waals surface area contributed by atoms with Gasteiger partial charge >= 0.3 is 0 Å². The maximum atomic E-state index is 12.0. The van der Waals surface area contributed by atoms with Crippen LogP contribution in [0, 0.1) is 6.92 Å². The van der Waals surface area contributed by atoms with Crippen molar-refractivity contribution < 1.29 is 4.21 Å². The highest BCUT2D eigenvalue weighted by Gasteiger charge is 2.05. The van der Waals surface area contributed by atoms with Gasteiger partial charge in [0.25, 0.3) is 0 Å². The van der Waals surface area contributed by atoms with Crippen LogP contribution in [0.25, 0.3) is 0 Å². The SMILES string of the molecule is Cc1ccc(S(=O)c2ccncc2)cc1. The Bertz CT molecular complexity index is 465. The van der Waals surface area contributed by atoms with Crippen LogP contribution in [0.1, 0.15) is 5.56 Å². The topological polar surface area (TPSA) is 30.0 Å². The number of benzene rings is 1. The summed E-state index contributed by atoms with van der Waals surface area (Å²) < 4.78 is 12.0. The Balaban J connectivity index is 2.33. The average Bonchev–Trinajstić information content (AvgIpc) is 2.30. The lowest BCUT2D eigenvalue weighted by atomic mass is 10.2. The van der Waals surface area contributed by atoms with Gasteiger partial charge in [0.15, 0.2) is 0 Å². The lowest BCUT2D eigenvalue weighted by Crippen LogP contribution is -1.92. The summed E-state index contributed by atoms with van der Waals surface area (Å²) in [5.74, 6) is 0. The van der Waals surface area contributed by atoms with Crippen molar-refractivity contribution in [2.75, 3.05) is 0 Å². The van der Waals surface area contributed by atoms with E-state index in [9.17, 15) is 4.21 Å². The summed E-state index contributed by atoms with van der Waals surface area (Å²) in [5.41, 5.74) is 1.17. The van der Waals surface area contributed by atoms with Crippen LogP contribution in [0.4, 0.5) is 0 Å². The van der Waals surface area contributed by atoms with Gasteiger partial charge in [-0.3, -0.25) is 4.98 Å². The number of nitrogens with zero attached hydrogens (tertiary/aromatic N) is 1. The molecule has 0 fully saturated rings. The van der Waals surface area contributed by atoms with Gasteiger partial charge in [0, 0.05) is 22.2 Å². The van der Waals surface area contributed by atoms with Crippen LogP contribution in [0.15, 0.2) is 58.6 Å². The smallest absolute Gasteiger partial charge is 0.0850 e. The molecule has 0 radical (unpaired) electrons. The molecule has 2 rings (SSSR count). The second-order valence-electron chi connectivity index (χ2n) is 3.26. The van der Waals surface area contributed by atoms with Crippen molar-refractivity contribution in [3.63, 3.8) is 0 Å². The minimum absolute atomic E-state index is 0.786. The third kappa shape index (κ3) is 2.30. The van der Waals surface area contributed by atoms with Gasteiger partial charge in [0.05, 0.1) is 10.8 Å². The van der Waals surface area contributed by atoms with Crippen LogP contribution in [0.2, 0.25) is 0 Å². The first-order chi connectivity index (χ1) is 7.27. The summed E-state index contributed by atoms with van der Waals surface area (Å²) >= 11 is 0. The minimum atomic E-state index is -1.10. The Kier molecular flexibility index (Phi) is 2.92. The molecule has 1 atom stereocenters. The molecular formula is C12H11NOS. The van der Waals surface area contributed by atoms with Crippen molar-refractivity contribution >= 4 is 10.8 Å². The molecule has 1 aromatic carbocycles. The molecule has 76 valence electrons. The summed E-state index contributed by atoms with van der Waals surface area (Å²) in [5, 5.41) is 0. The van der Waals surface area contributed by atoms with E-state index in [1.165, 1.54) is 5.56 Å². The summed E-state index contributed by atoms with van der Waals surface area (Å²) in [6, 6.07) is 11.3. The van der Waals surface area contributed by atoms with Crippen LogP contribution < -0.4 is 0 Å². The summed E-state index contributed by atoms with van der Waals surface area (Å²) in [7, 11) is -1.10. The van der Waals surface area contributed by atoms with E-state index in [1.54, 1.807) is 24.5 Å². The number of aryl methyl sites for hydroxylation is 1. The maximum absolute atomic E-state index is 12.0. The van der Waals surface area contributed by atoms with Crippen LogP contribution >= 0.6 is 0 Å². The summed E-state index contributed by atoms with van der Waals surface area (Å²) in [4.78, 5) is 5.51. The standard InChI is InChI=1S/C12H11NOS/c1-10-2-4-11(5-3-10)15(14)12-6-8-13-9-7-12/h2-9H,1H3. The van der Waals surface area contributed by atoms with Gasteiger partial charge in [-0.25, -0.2) is 4.21 Å². The fourth-order valence-electron chi connectivity index (χ4n) is 1.26. The molecule has 0 aliphatic heterocycles. The second kappa shape index (κ2) is 4.36. The predicted octanol–water partition coefficient (Wildman–Crippen LogP) is 2.56. The van der Waals surface area contributed by atoms with Gasteiger partial charge in [-0.05, 0) is 31.2 Å². The minimum Gasteiger partial charge on any atom is -0.265 e. The third-order valence-corrected chi connectivity index (χ3v) is 3.50. The molecule has 0 aliphatic carbocycles. The Hall–Kier alpha value is -1.48. The zero-order valence-corrected chi connectivity index (χ0v) is 9.20. The molecule has 0 bridgehead atoms. The van der Waals surface area contributed by atoms with Gasteiger partial charge in [0.1, 0.15) is 0 Å². The number of pyridine rings is 1. The molecule has 0 aliphatic rings. The molecule has 3 heteroatoms. The number of rotatable bonds is 2. The average molecular weight is 217 g/mol. The van der Waals surface area contributed by atoms with E-state index in [4.69, 9.17) is 0 Å². The first-order valence-corrected chi connectivity index (χ1v) is 5.81. The molecule has 1 aromatic heterocycles. The van der Waals surface area contributed by atoms with E-state index >= 15 is 0 Å². The third-order valence-electron chi connectivity index (χ3n) is 2.10. The summed E-state index contributed by atoms with van der Waals surface area (Å²) in [6.45, 7) is 2.01. The highest BCUT2D eigenvalue weighted by molar-refractivity contribution is 7.85. The normalized spacial score (nSPS) is 12.3. The molecule has 2 aromatic rings. The van der Waals surface area contributed by atoms with Crippen molar-refractivity contribution in [2.24, 2.45) is 0 Å². The van der Waals surface area contributed by atoms with Crippen molar-refractivity contribution in [3.8, 4) is 0 Å². The zero-order valence-electron chi connectivity index (χ0n) is 8.38. The fourth-order valence-corrected chi connectivity index (χ4v) is 2.28. The fraction of sp³-hybridized carbons (Fsp3) is 0.0833. The molecule has 0 amide bonds. The summed E-state index contributed by atoms with van der Waals surface area (Å²) in [6.07, 6.45) is 3.31. The largest absolute Gasteiger partial charge is 0.265 e. The van der Waals surface area contributed by atoms with Crippen molar-refractivity contribution in [1.29, 1.82) is 0 Å². The van der Waals surface area contributed by atoms with Gasteiger partial charge in [-0.2, -0.15) is 0 Å². The highest BCUT2D eigenvalue weighted by atomic mass is 32.2. The molecule has 2 nitrogen and oxygen atoms in total. The van der Waals surface area contributed by atoms with Crippen molar-refractivity contribution in [2.45, 2.75) is 16.7 Å². The predicted molar refractivity (Wildman–Crippen MR) is 60.1 cm³/mol. The molecule has 0 spiro atoms.